The van der Waals surface area contributed by atoms with Gasteiger partial charge in [0.1, 0.15) is 12.4 Å². The molecule has 1 N–H and O–H groups in total. The van der Waals surface area contributed by atoms with Crippen molar-refractivity contribution >= 4 is 27.3 Å². The lowest BCUT2D eigenvalue weighted by Gasteiger charge is -2.16. The summed E-state index contributed by atoms with van der Waals surface area (Å²) >= 11 is 0. The summed E-state index contributed by atoms with van der Waals surface area (Å²) < 4.78 is 39.1. The number of hydrogen-bond acceptors (Lipinski definition) is 5. The highest BCUT2D eigenvalue weighted by atomic mass is 32.2. The van der Waals surface area contributed by atoms with Gasteiger partial charge in [-0.2, -0.15) is 0 Å². The van der Waals surface area contributed by atoms with Gasteiger partial charge in [-0.1, -0.05) is 0 Å². The van der Waals surface area contributed by atoms with Crippen LogP contribution < -0.4 is 14.4 Å². The molecule has 2 aromatic rings. The van der Waals surface area contributed by atoms with E-state index in [1.807, 2.05) is 0 Å². The van der Waals surface area contributed by atoms with Crippen molar-refractivity contribution in [1.29, 1.82) is 0 Å². The number of hydrogen-bond donors (Lipinski definition) is 1. The first kappa shape index (κ1) is 19.7. The Hall–Kier alpha value is -2.58. The maximum atomic E-state index is 12.6. The minimum absolute atomic E-state index is 0.0699. The number of ether oxygens (including phenoxy) is 2. The van der Waals surface area contributed by atoms with Gasteiger partial charge in [0, 0.05) is 30.9 Å². The monoisotopic (exact) mass is 416 g/mol. The van der Waals surface area contributed by atoms with Gasteiger partial charge in [0.25, 0.3) is 10.0 Å². The van der Waals surface area contributed by atoms with Crippen molar-refractivity contribution in [3.63, 3.8) is 0 Å². The third kappa shape index (κ3) is 4.71. The van der Waals surface area contributed by atoms with Crippen molar-refractivity contribution in [2.45, 2.75) is 36.7 Å². The van der Waals surface area contributed by atoms with Gasteiger partial charge in [0.15, 0.2) is 0 Å². The number of carbonyl (C=O) groups is 1. The molecule has 0 spiro atoms. The van der Waals surface area contributed by atoms with Crippen LogP contribution in [-0.2, 0) is 19.6 Å². The third-order valence-electron chi connectivity index (χ3n) is 5.10. The first-order valence-electron chi connectivity index (χ1n) is 9.79. The Bertz CT molecular complexity index is 952. The maximum absolute atomic E-state index is 12.6. The summed E-state index contributed by atoms with van der Waals surface area (Å²) in [4.78, 5) is 13.6. The normalized spacial score (nSPS) is 19.5. The predicted molar refractivity (Wildman–Crippen MR) is 110 cm³/mol. The Morgan fingerprint density at radius 3 is 2.45 bits per heavy atom. The number of benzene rings is 2. The van der Waals surface area contributed by atoms with E-state index < -0.39 is 10.0 Å². The molecular weight excluding hydrogens is 392 g/mol. The highest BCUT2D eigenvalue weighted by molar-refractivity contribution is 7.92. The minimum Gasteiger partial charge on any atom is -0.491 e. The first-order valence-corrected chi connectivity index (χ1v) is 11.3. The zero-order valence-corrected chi connectivity index (χ0v) is 16.9. The van der Waals surface area contributed by atoms with E-state index in [2.05, 4.69) is 4.72 Å². The van der Waals surface area contributed by atoms with Crippen LogP contribution in [0.15, 0.2) is 53.4 Å². The van der Waals surface area contributed by atoms with Crippen LogP contribution in [0.25, 0.3) is 0 Å². The third-order valence-corrected chi connectivity index (χ3v) is 6.50. The van der Waals surface area contributed by atoms with Gasteiger partial charge in [0.05, 0.1) is 11.0 Å². The molecule has 2 aliphatic heterocycles. The lowest BCUT2D eigenvalue weighted by Crippen LogP contribution is -2.23. The summed E-state index contributed by atoms with van der Waals surface area (Å²) in [6, 6.07) is 13.2. The maximum Gasteiger partial charge on any atom is 0.261 e. The van der Waals surface area contributed by atoms with Gasteiger partial charge in [-0.15, -0.1) is 0 Å². The van der Waals surface area contributed by atoms with Crippen LogP contribution in [0.2, 0.25) is 0 Å². The molecular formula is C21H24N2O5S. The van der Waals surface area contributed by atoms with E-state index in [9.17, 15) is 13.2 Å². The second-order valence-corrected chi connectivity index (χ2v) is 8.90. The van der Waals surface area contributed by atoms with Crippen molar-refractivity contribution in [3.05, 3.63) is 48.5 Å². The van der Waals surface area contributed by atoms with Crippen LogP contribution in [0.4, 0.5) is 11.4 Å². The smallest absolute Gasteiger partial charge is 0.261 e. The Balaban J connectivity index is 1.38. The largest absolute Gasteiger partial charge is 0.491 e. The summed E-state index contributed by atoms with van der Waals surface area (Å²) in [7, 11) is -3.72. The molecule has 7 nitrogen and oxygen atoms in total. The standard InChI is InChI=1S/C21H24N2O5S/c24-21-4-1-13-23(21)17-7-11-20(12-8-17)29(25,26)22-16-5-9-18(10-6-16)28-15-19-3-2-14-27-19/h5-12,19,22H,1-4,13-15H2. The average Bonchev–Trinajstić information content (AvgIpc) is 3.39. The van der Waals surface area contributed by atoms with E-state index in [1.54, 1.807) is 41.3 Å². The Kier molecular flexibility index (Phi) is 5.73. The Morgan fingerprint density at radius 2 is 1.83 bits per heavy atom. The molecule has 8 heteroatoms. The average molecular weight is 416 g/mol. The lowest BCUT2D eigenvalue weighted by atomic mass is 10.2. The number of nitrogens with one attached hydrogen (secondary N) is 1. The van der Waals surface area contributed by atoms with Gasteiger partial charge in [-0.3, -0.25) is 9.52 Å². The molecule has 0 bridgehead atoms. The van der Waals surface area contributed by atoms with E-state index in [-0.39, 0.29) is 16.9 Å². The molecule has 2 fully saturated rings. The Labute approximate surface area is 170 Å². The molecule has 0 aliphatic carbocycles. The number of amides is 1. The molecule has 2 saturated heterocycles. The van der Waals surface area contributed by atoms with E-state index in [4.69, 9.17) is 9.47 Å². The SMILES string of the molecule is O=C1CCCN1c1ccc(S(=O)(=O)Nc2ccc(OCC3CCCO3)cc2)cc1. The summed E-state index contributed by atoms with van der Waals surface area (Å²) in [5.41, 5.74) is 1.17. The van der Waals surface area contributed by atoms with Crippen LogP contribution in [0, 0.1) is 0 Å². The fourth-order valence-corrected chi connectivity index (χ4v) is 4.58. The summed E-state index contributed by atoms with van der Waals surface area (Å²) in [6.07, 6.45) is 3.56. The number of rotatable bonds is 7. The van der Waals surface area contributed by atoms with Crippen LogP contribution in [-0.4, -0.2) is 40.2 Å². The zero-order valence-electron chi connectivity index (χ0n) is 16.0. The molecule has 1 atom stereocenters. The van der Waals surface area contributed by atoms with Crippen molar-refractivity contribution in [2.24, 2.45) is 0 Å². The topological polar surface area (TPSA) is 84.9 Å². The highest BCUT2D eigenvalue weighted by Crippen LogP contribution is 2.25. The molecule has 1 unspecified atom stereocenters. The lowest BCUT2D eigenvalue weighted by molar-refractivity contribution is -0.117. The fraction of sp³-hybridized carbons (Fsp3) is 0.381. The van der Waals surface area contributed by atoms with Crippen molar-refractivity contribution in [1.82, 2.24) is 0 Å². The quantitative estimate of drug-likeness (QED) is 0.749. The van der Waals surface area contributed by atoms with Gasteiger partial charge >= 0.3 is 0 Å². The van der Waals surface area contributed by atoms with Crippen LogP contribution in [0.3, 0.4) is 0 Å². The molecule has 4 rings (SSSR count). The summed E-state index contributed by atoms with van der Waals surface area (Å²) in [6.45, 7) is 1.95. The van der Waals surface area contributed by atoms with Crippen molar-refractivity contribution < 1.29 is 22.7 Å². The number of carbonyl (C=O) groups excluding carboxylic acids is 1. The van der Waals surface area contributed by atoms with Crippen LogP contribution >= 0.6 is 0 Å². The van der Waals surface area contributed by atoms with E-state index in [0.717, 1.165) is 31.6 Å². The van der Waals surface area contributed by atoms with Gasteiger partial charge in [-0.25, -0.2) is 8.42 Å². The van der Waals surface area contributed by atoms with E-state index in [0.29, 0.717) is 31.0 Å². The number of nitrogens with zero attached hydrogens (tertiary/aromatic N) is 1. The minimum atomic E-state index is -3.72. The van der Waals surface area contributed by atoms with E-state index >= 15 is 0 Å². The zero-order chi connectivity index (χ0) is 20.3. The second kappa shape index (κ2) is 8.42. The molecule has 29 heavy (non-hydrogen) atoms. The Morgan fingerprint density at radius 1 is 1.07 bits per heavy atom. The molecule has 1 amide bonds. The molecule has 0 radical (unpaired) electrons. The molecule has 0 saturated carbocycles. The molecule has 154 valence electrons. The number of anilines is 2. The fourth-order valence-electron chi connectivity index (χ4n) is 3.52. The summed E-state index contributed by atoms with van der Waals surface area (Å²) in [5.74, 6) is 0.739. The van der Waals surface area contributed by atoms with Crippen LogP contribution in [0.5, 0.6) is 5.75 Å². The van der Waals surface area contributed by atoms with Gasteiger partial charge in [-0.05, 0) is 67.8 Å². The molecule has 0 aromatic heterocycles. The van der Waals surface area contributed by atoms with Crippen molar-refractivity contribution in [2.75, 3.05) is 29.4 Å². The number of sulfonamides is 1. The molecule has 2 aromatic carbocycles. The summed E-state index contributed by atoms with van der Waals surface area (Å²) in [5, 5.41) is 0. The van der Waals surface area contributed by atoms with E-state index in [1.165, 1.54) is 12.1 Å². The highest BCUT2D eigenvalue weighted by Gasteiger charge is 2.22. The molecule has 2 heterocycles. The van der Waals surface area contributed by atoms with Gasteiger partial charge in [0.2, 0.25) is 5.91 Å². The predicted octanol–water partition coefficient (Wildman–Crippen LogP) is 3.17. The second-order valence-electron chi connectivity index (χ2n) is 7.22. The van der Waals surface area contributed by atoms with Gasteiger partial charge < -0.3 is 14.4 Å². The van der Waals surface area contributed by atoms with Crippen molar-refractivity contribution in [3.8, 4) is 5.75 Å². The molecule has 2 aliphatic rings. The van der Waals surface area contributed by atoms with Crippen LogP contribution in [0.1, 0.15) is 25.7 Å². The first-order chi connectivity index (χ1) is 14.0.